The smallest absolute Gasteiger partial charge is 0.0642 e. The van der Waals surface area contributed by atoms with Crippen LogP contribution in [0.1, 0.15) is 38.2 Å². The lowest BCUT2D eigenvalue weighted by Crippen LogP contribution is -2.39. The van der Waals surface area contributed by atoms with Crippen molar-refractivity contribution in [1.82, 2.24) is 5.32 Å². The summed E-state index contributed by atoms with van der Waals surface area (Å²) >= 11 is 0. The van der Waals surface area contributed by atoms with Gasteiger partial charge in [0.2, 0.25) is 0 Å². The third-order valence-electron chi connectivity index (χ3n) is 5.31. The summed E-state index contributed by atoms with van der Waals surface area (Å²) in [4.78, 5) is 2.40. The first-order valence-electron chi connectivity index (χ1n) is 8.44. The Morgan fingerprint density at radius 2 is 1.86 bits per heavy atom. The molecule has 1 saturated heterocycles. The molecule has 1 aliphatic carbocycles. The molecule has 116 valence electrons. The van der Waals surface area contributed by atoms with Gasteiger partial charge in [0.1, 0.15) is 0 Å². The molecule has 1 N–H and O–H groups in total. The first kappa shape index (κ1) is 14.9. The average Bonchev–Trinajstić information content (AvgIpc) is 2.51. The van der Waals surface area contributed by atoms with Crippen molar-refractivity contribution < 1.29 is 4.74 Å². The fourth-order valence-corrected chi connectivity index (χ4v) is 3.45. The minimum atomic E-state index is 0.605. The highest BCUT2D eigenvalue weighted by Crippen LogP contribution is 2.43. The number of anilines is 1. The van der Waals surface area contributed by atoms with Gasteiger partial charge in [-0.05, 0) is 42.4 Å². The normalized spacial score (nSPS) is 21.1. The maximum absolute atomic E-state index is 5.40. The van der Waals surface area contributed by atoms with Crippen molar-refractivity contribution in [3.05, 3.63) is 29.8 Å². The maximum Gasteiger partial charge on any atom is 0.0642 e. The van der Waals surface area contributed by atoms with Crippen molar-refractivity contribution in [2.75, 3.05) is 37.7 Å². The molecule has 0 aromatic heterocycles. The fourth-order valence-electron chi connectivity index (χ4n) is 3.45. The predicted molar refractivity (Wildman–Crippen MR) is 87.8 cm³/mol. The summed E-state index contributed by atoms with van der Waals surface area (Å²) < 4.78 is 5.40. The van der Waals surface area contributed by atoms with E-state index in [1.54, 1.807) is 0 Å². The number of hydrogen-bond acceptors (Lipinski definition) is 3. The minimum absolute atomic E-state index is 0.605. The van der Waals surface area contributed by atoms with Gasteiger partial charge in [-0.1, -0.05) is 25.5 Å². The lowest BCUT2D eigenvalue weighted by molar-refractivity contribution is 0.122. The Kier molecular flexibility index (Phi) is 4.81. The van der Waals surface area contributed by atoms with E-state index in [9.17, 15) is 0 Å². The van der Waals surface area contributed by atoms with Gasteiger partial charge in [-0.25, -0.2) is 0 Å². The summed E-state index contributed by atoms with van der Waals surface area (Å²) in [5.41, 5.74) is 3.32. The number of hydrogen-bond donors (Lipinski definition) is 1. The molecule has 0 radical (unpaired) electrons. The SMILES string of the molecule is CCC1(CNCc2ccc(N3CCOCC3)cc2)CCC1. The number of benzene rings is 1. The second-order valence-corrected chi connectivity index (χ2v) is 6.58. The Labute approximate surface area is 128 Å². The van der Waals surface area contributed by atoms with Crippen molar-refractivity contribution in [3.63, 3.8) is 0 Å². The standard InChI is InChI=1S/C18H28N2O/c1-2-18(8-3-9-18)15-19-14-16-4-6-17(7-5-16)20-10-12-21-13-11-20/h4-7,19H,2-3,8-15H2,1H3. The van der Waals surface area contributed by atoms with Gasteiger partial charge in [-0.3, -0.25) is 0 Å². The van der Waals surface area contributed by atoms with Crippen LogP contribution in [0.5, 0.6) is 0 Å². The molecule has 1 aliphatic heterocycles. The number of morpholine rings is 1. The zero-order valence-electron chi connectivity index (χ0n) is 13.2. The number of ether oxygens (including phenoxy) is 1. The average molecular weight is 288 g/mol. The lowest BCUT2D eigenvalue weighted by atomic mass is 9.67. The van der Waals surface area contributed by atoms with Crippen LogP contribution in [-0.2, 0) is 11.3 Å². The molecule has 3 rings (SSSR count). The van der Waals surface area contributed by atoms with Gasteiger partial charge in [0.15, 0.2) is 0 Å². The van der Waals surface area contributed by atoms with Crippen molar-refractivity contribution >= 4 is 5.69 Å². The van der Waals surface area contributed by atoms with Crippen molar-refractivity contribution in [2.24, 2.45) is 5.41 Å². The Morgan fingerprint density at radius 1 is 1.14 bits per heavy atom. The van der Waals surface area contributed by atoms with E-state index in [4.69, 9.17) is 4.74 Å². The first-order valence-corrected chi connectivity index (χ1v) is 8.44. The number of nitrogens with one attached hydrogen (secondary N) is 1. The van der Waals surface area contributed by atoms with Crippen molar-refractivity contribution in [2.45, 2.75) is 39.2 Å². The third kappa shape index (κ3) is 3.58. The van der Waals surface area contributed by atoms with Gasteiger partial charge in [0.05, 0.1) is 13.2 Å². The molecule has 3 nitrogen and oxygen atoms in total. The molecule has 1 saturated carbocycles. The predicted octanol–water partition coefficient (Wildman–Crippen LogP) is 3.19. The van der Waals surface area contributed by atoms with Crippen LogP contribution < -0.4 is 10.2 Å². The van der Waals surface area contributed by atoms with E-state index < -0.39 is 0 Å². The zero-order valence-corrected chi connectivity index (χ0v) is 13.2. The Morgan fingerprint density at radius 3 is 2.43 bits per heavy atom. The van der Waals surface area contributed by atoms with Crippen LogP contribution in [0.3, 0.4) is 0 Å². The van der Waals surface area contributed by atoms with E-state index in [2.05, 4.69) is 41.4 Å². The van der Waals surface area contributed by atoms with E-state index >= 15 is 0 Å². The molecular formula is C18H28N2O. The molecule has 0 spiro atoms. The van der Waals surface area contributed by atoms with E-state index in [-0.39, 0.29) is 0 Å². The van der Waals surface area contributed by atoms with Crippen LogP contribution in [0.4, 0.5) is 5.69 Å². The van der Waals surface area contributed by atoms with Gasteiger partial charge < -0.3 is 15.0 Å². The summed E-state index contributed by atoms with van der Waals surface area (Å²) in [6.45, 7) is 8.22. The zero-order chi connectivity index (χ0) is 14.5. The van der Waals surface area contributed by atoms with Gasteiger partial charge in [0, 0.05) is 31.9 Å². The van der Waals surface area contributed by atoms with Gasteiger partial charge >= 0.3 is 0 Å². The summed E-state index contributed by atoms with van der Waals surface area (Å²) in [5.74, 6) is 0. The molecular weight excluding hydrogens is 260 g/mol. The summed E-state index contributed by atoms with van der Waals surface area (Å²) in [7, 11) is 0. The highest BCUT2D eigenvalue weighted by Gasteiger charge is 2.34. The summed E-state index contributed by atoms with van der Waals surface area (Å²) in [6.07, 6.45) is 5.55. The molecule has 0 amide bonds. The van der Waals surface area contributed by atoms with Crippen molar-refractivity contribution in [3.8, 4) is 0 Å². The molecule has 0 bridgehead atoms. The molecule has 1 heterocycles. The van der Waals surface area contributed by atoms with Crippen LogP contribution in [0.25, 0.3) is 0 Å². The lowest BCUT2D eigenvalue weighted by Gasteiger charge is -2.41. The van der Waals surface area contributed by atoms with Gasteiger partial charge in [-0.2, -0.15) is 0 Å². The Bertz CT molecular complexity index is 428. The first-order chi connectivity index (χ1) is 10.3. The van der Waals surface area contributed by atoms with Crippen LogP contribution >= 0.6 is 0 Å². The Hall–Kier alpha value is -1.06. The van der Waals surface area contributed by atoms with Gasteiger partial charge in [-0.15, -0.1) is 0 Å². The van der Waals surface area contributed by atoms with E-state index in [0.29, 0.717) is 5.41 Å². The van der Waals surface area contributed by atoms with Crippen molar-refractivity contribution in [1.29, 1.82) is 0 Å². The minimum Gasteiger partial charge on any atom is -0.378 e. The number of rotatable bonds is 6. The largest absolute Gasteiger partial charge is 0.378 e. The number of nitrogens with zero attached hydrogens (tertiary/aromatic N) is 1. The quantitative estimate of drug-likeness (QED) is 0.870. The van der Waals surface area contributed by atoms with Crippen LogP contribution in [0, 0.1) is 5.41 Å². The second-order valence-electron chi connectivity index (χ2n) is 6.58. The highest BCUT2D eigenvalue weighted by molar-refractivity contribution is 5.47. The monoisotopic (exact) mass is 288 g/mol. The molecule has 1 aromatic rings. The summed E-state index contributed by atoms with van der Waals surface area (Å²) in [5, 5.41) is 3.66. The third-order valence-corrected chi connectivity index (χ3v) is 5.31. The molecule has 2 aliphatic rings. The second kappa shape index (κ2) is 6.80. The summed E-state index contributed by atoms with van der Waals surface area (Å²) in [6, 6.07) is 9.02. The van der Waals surface area contributed by atoms with Gasteiger partial charge in [0.25, 0.3) is 0 Å². The van der Waals surface area contributed by atoms with E-state index in [1.165, 1.54) is 43.5 Å². The molecule has 0 unspecified atom stereocenters. The molecule has 3 heteroatoms. The molecule has 2 fully saturated rings. The van der Waals surface area contributed by atoms with E-state index in [0.717, 1.165) is 32.8 Å². The Balaban J connectivity index is 1.48. The van der Waals surface area contributed by atoms with E-state index in [1.807, 2.05) is 0 Å². The van der Waals surface area contributed by atoms with Crippen LogP contribution in [0.15, 0.2) is 24.3 Å². The fraction of sp³-hybridized carbons (Fsp3) is 0.667. The molecule has 1 aromatic carbocycles. The topological polar surface area (TPSA) is 24.5 Å². The highest BCUT2D eigenvalue weighted by atomic mass is 16.5. The molecule has 0 atom stereocenters. The maximum atomic E-state index is 5.40. The van der Waals surface area contributed by atoms with Crippen LogP contribution in [-0.4, -0.2) is 32.8 Å². The molecule has 21 heavy (non-hydrogen) atoms. The van der Waals surface area contributed by atoms with Crippen LogP contribution in [0.2, 0.25) is 0 Å².